The first-order valence-corrected chi connectivity index (χ1v) is 8.98. The molecule has 0 bridgehead atoms. The highest BCUT2D eigenvalue weighted by Crippen LogP contribution is 2.26. The number of fused-ring (bicyclic) bond motifs is 1. The van der Waals surface area contributed by atoms with Crippen LogP contribution in [0.15, 0.2) is 60.3 Å². The lowest BCUT2D eigenvalue weighted by atomic mass is 10.0. The lowest BCUT2D eigenvalue weighted by molar-refractivity contribution is -0.142. The molecule has 136 valence electrons. The second kappa shape index (κ2) is 7.19. The molecule has 2 aromatic carbocycles. The molecule has 0 spiro atoms. The van der Waals surface area contributed by atoms with E-state index in [9.17, 15) is 14.0 Å². The maximum absolute atomic E-state index is 14.0. The number of aromatic nitrogens is 1. The number of aromatic amines is 1. The maximum atomic E-state index is 14.0. The van der Waals surface area contributed by atoms with E-state index in [-0.39, 0.29) is 24.8 Å². The summed E-state index contributed by atoms with van der Waals surface area (Å²) in [7, 11) is 0. The first kappa shape index (κ1) is 17.2. The van der Waals surface area contributed by atoms with E-state index >= 15 is 0 Å². The predicted molar refractivity (Wildman–Crippen MR) is 102 cm³/mol. The van der Waals surface area contributed by atoms with Crippen molar-refractivity contribution in [2.24, 2.45) is 0 Å². The van der Waals surface area contributed by atoms with Crippen LogP contribution in [0, 0.1) is 5.82 Å². The van der Waals surface area contributed by atoms with Gasteiger partial charge in [0, 0.05) is 40.2 Å². The molecule has 2 amide bonds. The number of likely N-dealkylation sites (tertiary alicyclic amines) is 1. The topological polar surface area (TPSA) is 53.2 Å². The van der Waals surface area contributed by atoms with Crippen molar-refractivity contribution in [3.05, 3.63) is 77.2 Å². The van der Waals surface area contributed by atoms with Gasteiger partial charge in [-0.3, -0.25) is 14.5 Å². The summed E-state index contributed by atoms with van der Waals surface area (Å²) in [5.74, 6) is -1.01. The van der Waals surface area contributed by atoms with Crippen molar-refractivity contribution >= 4 is 28.8 Å². The van der Waals surface area contributed by atoms with Crippen LogP contribution in [-0.4, -0.2) is 21.7 Å². The molecule has 0 aliphatic carbocycles. The highest BCUT2D eigenvalue weighted by atomic mass is 19.1. The van der Waals surface area contributed by atoms with Crippen LogP contribution in [0.4, 0.5) is 4.39 Å². The zero-order chi connectivity index (χ0) is 18.8. The van der Waals surface area contributed by atoms with Gasteiger partial charge in [-0.25, -0.2) is 4.39 Å². The Morgan fingerprint density at radius 2 is 1.81 bits per heavy atom. The van der Waals surface area contributed by atoms with Crippen molar-refractivity contribution in [1.82, 2.24) is 9.88 Å². The Balaban J connectivity index is 1.68. The standard InChI is InChI=1S/C22H19FN2O2/c23-19-9-3-1-6-16(19)14-25-21(26)11-5-7-15(22(25)27)12-17-13-24-20-10-4-2-8-18(17)20/h1-4,6,8-10,12-13,24H,5,7,11,14H2/b15-12-. The summed E-state index contributed by atoms with van der Waals surface area (Å²) in [6, 6.07) is 14.1. The molecule has 5 heteroatoms. The number of hydrogen-bond donors (Lipinski definition) is 1. The van der Waals surface area contributed by atoms with Gasteiger partial charge in [-0.2, -0.15) is 0 Å². The highest BCUT2D eigenvalue weighted by molar-refractivity contribution is 6.08. The van der Waals surface area contributed by atoms with Gasteiger partial charge in [0.05, 0.1) is 6.54 Å². The molecule has 1 saturated heterocycles. The van der Waals surface area contributed by atoms with E-state index in [0.717, 1.165) is 16.5 Å². The molecule has 1 aliphatic rings. The average Bonchev–Trinajstić information content (AvgIpc) is 3.03. The van der Waals surface area contributed by atoms with E-state index in [1.807, 2.05) is 36.5 Å². The van der Waals surface area contributed by atoms with E-state index in [0.29, 0.717) is 24.0 Å². The minimum Gasteiger partial charge on any atom is -0.361 e. The van der Waals surface area contributed by atoms with Gasteiger partial charge in [-0.15, -0.1) is 0 Å². The van der Waals surface area contributed by atoms with Gasteiger partial charge in [-0.1, -0.05) is 36.4 Å². The van der Waals surface area contributed by atoms with Crippen LogP contribution in [0.25, 0.3) is 17.0 Å². The monoisotopic (exact) mass is 362 g/mol. The number of nitrogens with zero attached hydrogens (tertiary/aromatic N) is 1. The maximum Gasteiger partial charge on any atom is 0.256 e. The van der Waals surface area contributed by atoms with Gasteiger partial charge in [0.15, 0.2) is 0 Å². The molecule has 27 heavy (non-hydrogen) atoms. The fraction of sp³-hybridized carbons (Fsp3) is 0.182. The van der Waals surface area contributed by atoms with Crippen molar-refractivity contribution in [1.29, 1.82) is 0 Å². The van der Waals surface area contributed by atoms with Crippen molar-refractivity contribution < 1.29 is 14.0 Å². The molecule has 0 radical (unpaired) electrons. The molecule has 4 rings (SSSR count). The number of imide groups is 1. The van der Waals surface area contributed by atoms with Crippen LogP contribution >= 0.6 is 0 Å². The Hall–Kier alpha value is -3.21. The van der Waals surface area contributed by atoms with Crippen LogP contribution in [0.1, 0.15) is 30.4 Å². The molecule has 1 aliphatic heterocycles. The Morgan fingerprint density at radius 1 is 1.04 bits per heavy atom. The van der Waals surface area contributed by atoms with E-state index in [1.54, 1.807) is 18.2 Å². The fourth-order valence-electron chi connectivity index (χ4n) is 3.45. The van der Waals surface area contributed by atoms with Crippen molar-refractivity contribution in [2.45, 2.75) is 25.8 Å². The van der Waals surface area contributed by atoms with E-state index < -0.39 is 5.82 Å². The van der Waals surface area contributed by atoms with Crippen LogP contribution < -0.4 is 0 Å². The van der Waals surface area contributed by atoms with E-state index in [2.05, 4.69) is 4.98 Å². The van der Waals surface area contributed by atoms with E-state index in [4.69, 9.17) is 0 Å². The zero-order valence-electron chi connectivity index (χ0n) is 14.7. The smallest absolute Gasteiger partial charge is 0.256 e. The third-order valence-corrected chi connectivity index (χ3v) is 4.89. The van der Waals surface area contributed by atoms with Gasteiger partial charge < -0.3 is 4.98 Å². The molecular formula is C22H19FN2O2. The number of carbonyl (C=O) groups excluding carboxylic acids is 2. The van der Waals surface area contributed by atoms with Gasteiger partial charge in [0.25, 0.3) is 5.91 Å². The number of carbonyl (C=O) groups is 2. The molecule has 0 saturated carbocycles. The number of para-hydroxylation sites is 1. The Morgan fingerprint density at radius 3 is 2.67 bits per heavy atom. The first-order valence-electron chi connectivity index (χ1n) is 8.98. The minimum atomic E-state index is -0.412. The fourth-order valence-corrected chi connectivity index (χ4v) is 3.45. The SMILES string of the molecule is O=C1CCC/C(=C/c2c[nH]c3ccccc23)C(=O)N1Cc1ccccc1F. The van der Waals surface area contributed by atoms with Gasteiger partial charge in [0.1, 0.15) is 5.82 Å². The predicted octanol–water partition coefficient (Wildman–Crippen LogP) is 4.43. The summed E-state index contributed by atoms with van der Waals surface area (Å²) in [6.07, 6.45) is 5.11. The number of halogens is 1. The summed E-state index contributed by atoms with van der Waals surface area (Å²) in [5.41, 5.74) is 2.81. The normalized spacial score (nSPS) is 16.9. The van der Waals surface area contributed by atoms with Crippen molar-refractivity contribution in [3.8, 4) is 0 Å². The third kappa shape index (κ3) is 3.40. The molecule has 0 unspecified atom stereocenters. The van der Waals surface area contributed by atoms with Crippen LogP contribution in [0.2, 0.25) is 0 Å². The zero-order valence-corrected chi connectivity index (χ0v) is 14.7. The lowest BCUT2D eigenvalue weighted by Gasteiger charge is -2.20. The second-order valence-electron chi connectivity index (χ2n) is 6.69. The number of nitrogens with one attached hydrogen (secondary N) is 1. The van der Waals surface area contributed by atoms with Crippen molar-refractivity contribution in [2.75, 3.05) is 0 Å². The molecule has 3 aromatic rings. The summed E-state index contributed by atoms with van der Waals surface area (Å²) >= 11 is 0. The summed E-state index contributed by atoms with van der Waals surface area (Å²) in [6.45, 7) is -0.0461. The number of H-pyrrole nitrogens is 1. The number of benzene rings is 2. The lowest BCUT2D eigenvalue weighted by Crippen LogP contribution is -2.35. The second-order valence-corrected chi connectivity index (χ2v) is 6.69. The van der Waals surface area contributed by atoms with E-state index in [1.165, 1.54) is 11.0 Å². The van der Waals surface area contributed by atoms with Gasteiger partial charge in [-0.05, 0) is 31.1 Å². The Bertz CT molecular complexity index is 1050. The number of hydrogen-bond acceptors (Lipinski definition) is 2. The van der Waals surface area contributed by atoms with Gasteiger partial charge in [0.2, 0.25) is 5.91 Å². The summed E-state index contributed by atoms with van der Waals surface area (Å²) < 4.78 is 14.0. The molecule has 4 nitrogen and oxygen atoms in total. The van der Waals surface area contributed by atoms with Crippen LogP contribution in [0.3, 0.4) is 0 Å². The summed E-state index contributed by atoms with van der Waals surface area (Å²) in [4.78, 5) is 29.9. The first-order chi connectivity index (χ1) is 13.1. The van der Waals surface area contributed by atoms with Crippen LogP contribution in [-0.2, 0) is 16.1 Å². The van der Waals surface area contributed by atoms with Crippen molar-refractivity contribution in [3.63, 3.8) is 0 Å². The molecule has 1 N–H and O–H groups in total. The molecular weight excluding hydrogens is 343 g/mol. The quantitative estimate of drug-likeness (QED) is 0.554. The molecule has 1 aromatic heterocycles. The number of amides is 2. The third-order valence-electron chi connectivity index (χ3n) is 4.89. The summed E-state index contributed by atoms with van der Waals surface area (Å²) in [5, 5.41) is 1.02. The van der Waals surface area contributed by atoms with Crippen LogP contribution in [0.5, 0.6) is 0 Å². The largest absolute Gasteiger partial charge is 0.361 e. The average molecular weight is 362 g/mol. The Kier molecular flexibility index (Phi) is 4.59. The highest BCUT2D eigenvalue weighted by Gasteiger charge is 2.28. The molecule has 1 fully saturated rings. The minimum absolute atomic E-state index is 0.0461. The molecule has 0 atom stereocenters. The number of rotatable bonds is 3. The van der Waals surface area contributed by atoms with Gasteiger partial charge >= 0.3 is 0 Å². The Labute approximate surface area is 156 Å². The molecule has 2 heterocycles.